The molecule has 2 N–H and O–H groups in total. The number of aromatic nitrogens is 1. The highest BCUT2D eigenvalue weighted by Crippen LogP contribution is 2.30. The molecule has 0 radical (unpaired) electrons. The molecule has 0 unspecified atom stereocenters. The SMILES string of the molecule is CC(C)n1cc(CCN)c2cccc(Cl)c21. The molecular formula is C13H17ClN2. The Bertz CT molecular complexity index is 500. The molecule has 0 aliphatic carbocycles. The zero-order chi connectivity index (χ0) is 11.7. The molecule has 1 aromatic heterocycles. The lowest BCUT2D eigenvalue weighted by atomic mass is 10.1. The van der Waals surface area contributed by atoms with E-state index in [0.717, 1.165) is 17.0 Å². The van der Waals surface area contributed by atoms with Gasteiger partial charge in [0.05, 0.1) is 10.5 Å². The lowest BCUT2D eigenvalue weighted by Crippen LogP contribution is -2.02. The summed E-state index contributed by atoms with van der Waals surface area (Å²) >= 11 is 6.27. The van der Waals surface area contributed by atoms with Gasteiger partial charge in [0.15, 0.2) is 0 Å². The Labute approximate surface area is 101 Å². The fraction of sp³-hybridized carbons (Fsp3) is 0.385. The van der Waals surface area contributed by atoms with E-state index in [0.29, 0.717) is 12.6 Å². The van der Waals surface area contributed by atoms with Crippen molar-refractivity contribution >= 4 is 22.5 Å². The fourth-order valence-electron chi connectivity index (χ4n) is 2.10. The van der Waals surface area contributed by atoms with Gasteiger partial charge in [-0.15, -0.1) is 0 Å². The highest BCUT2D eigenvalue weighted by molar-refractivity contribution is 6.35. The monoisotopic (exact) mass is 236 g/mol. The number of nitrogens with two attached hydrogens (primary N) is 1. The normalized spacial score (nSPS) is 11.6. The molecule has 0 saturated heterocycles. The first-order valence-corrected chi connectivity index (χ1v) is 6.01. The van der Waals surface area contributed by atoms with E-state index in [1.165, 1.54) is 10.9 Å². The molecule has 2 nitrogen and oxygen atoms in total. The van der Waals surface area contributed by atoms with Crippen LogP contribution in [0.3, 0.4) is 0 Å². The lowest BCUT2D eigenvalue weighted by Gasteiger charge is -2.09. The molecule has 16 heavy (non-hydrogen) atoms. The predicted molar refractivity (Wildman–Crippen MR) is 70.1 cm³/mol. The molecule has 0 spiro atoms. The van der Waals surface area contributed by atoms with Crippen LogP contribution in [0.2, 0.25) is 5.02 Å². The Balaban J connectivity index is 2.71. The second-order valence-electron chi connectivity index (χ2n) is 4.33. The molecule has 0 aliphatic heterocycles. The van der Waals surface area contributed by atoms with Crippen molar-refractivity contribution in [3.05, 3.63) is 35.0 Å². The molecule has 1 heterocycles. The van der Waals surface area contributed by atoms with Crippen molar-refractivity contribution in [2.45, 2.75) is 26.3 Å². The summed E-state index contributed by atoms with van der Waals surface area (Å²) in [4.78, 5) is 0. The number of fused-ring (bicyclic) bond motifs is 1. The molecule has 3 heteroatoms. The minimum atomic E-state index is 0.411. The molecule has 86 valence electrons. The average Bonchev–Trinajstić information content (AvgIpc) is 2.60. The van der Waals surface area contributed by atoms with Gasteiger partial charge >= 0.3 is 0 Å². The first-order chi connectivity index (χ1) is 7.65. The molecular weight excluding hydrogens is 220 g/mol. The molecule has 2 rings (SSSR count). The standard InChI is InChI=1S/C13H17ClN2/c1-9(2)16-8-10(6-7-15)11-4-3-5-12(14)13(11)16/h3-5,8-9H,6-7,15H2,1-2H3. The summed E-state index contributed by atoms with van der Waals surface area (Å²) in [6, 6.07) is 6.46. The van der Waals surface area contributed by atoms with Crippen molar-refractivity contribution in [3.63, 3.8) is 0 Å². The van der Waals surface area contributed by atoms with Gasteiger partial charge in [0, 0.05) is 17.6 Å². The van der Waals surface area contributed by atoms with Crippen LogP contribution >= 0.6 is 11.6 Å². The van der Waals surface area contributed by atoms with Crippen molar-refractivity contribution in [1.29, 1.82) is 0 Å². The summed E-state index contributed by atoms with van der Waals surface area (Å²) in [6.07, 6.45) is 3.07. The van der Waals surface area contributed by atoms with Crippen LogP contribution in [-0.4, -0.2) is 11.1 Å². The number of hydrogen-bond acceptors (Lipinski definition) is 1. The Morgan fingerprint density at radius 1 is 1.38 bits per heavy atom. The summed E-state index contributed by atoms with van der Waals surface area (Å²) < 4.78 is 2.22. The second kappa shape index (κ2) is 4.48. The van der Waals surface area contributed by atoms with Gasteiger partial charge in [0.25, 0.3) is 0 Å². The highest BCUT2D eigenvalue weighted by atomic mass is 35.5. The number of rotatable bonds is 3. The number of nitrogens with zero attached hydrogens (tertiary/aromatic N) is 1. The third-order valence-electron chi connectivity index (χ3n) is 2.86. The molecule has 0 fully saturated rings. The maximum absolute atomic E-state index is 6.27. The van der Waals surface area contributed by atoms with Gasteiger partial charge in [-0.3, -0.25) is 0 Å². The quantitative estimate of drug-likeness (QED) is 0.870. The van der Waals surface area contributed by atoms with E-state index in [-0.39, 0.29) is 0 Å². The van der Waals surface area contributed by atoms with Crippen LogP contribution in [0.5, 0.6) is 0 Å². The van der Waals surface area contributed by atoms with Gasteiger partial charge in [0.2, 0.25) is 0 Å². The molecule has 0 aliphatic rings. The van der Waals surface area contributed by atoms with Crippen molar-refractivity contribution in [1.82, 2.24) is 4.57 Å². The number of benzene rings is 1. The van der Waals surface area contributed by atoms with Crippen LogP contribution in [-0.2, 0) is 6.42 Å². The third-order valence-corrected chi connectivity index (χ3v) is 3.16. The van der Waals surface area contributed by atoms with Crippen LogP contribution in [0.4, 0.5) is 0 Å². The van der Waals surface area contributed by atoms with Gasteiger partial charge < -0.3 is 10.3 Å². The van der Waals surface area contributed by atoms with Crippen molar-refractivity contribution in [3.8, 4) is 0 Å². The number of para-hydroxylation sites is 1. The van der Waals surface area contributed by atoms with Gasteiger partial charge in [-0.25, -0.2) is 0 Å². The minimum Gasteiger partial charge on any atom is -0.343 e. The summed E-state index contributed by atoms with van der Waals surface area (Å²) in [5.74, 6) is 0. The predicted octanol–water partition coefficient (Wildman–Crippen LogP) is 3.38. The first kappa shape index (κ1) is 11.5. The van der Waals surface area contributed by atoms with E-state index < -0.39 is 0 Å². The van der Waals surface area contributed by atoms with Gasteiger partial charge in [-0.05, 0) is 38.4 Å². The Hall–Kier alpha value is -0.990. The Kier molecular flexibility index (Phi) is 3.22. The summed E-state index contributed by atoms with van der Waals surface area (Å²) in [6.45, 7) is 4.99. The Morgan fingerprint density at radius 3 is 2.75 bits per heavy atom. The van der Waals surface area contributed by atoms with Crippen LogP contribution < -0.4 is 5.73 Å². The maximum Gasteiger partial charge on any atom is 0.0674 e. The lowest BCUT2D eigenvalue weighted by molar-refractivity contribution is 0.621. The third kappa shape index (κ3) is 1.83. The van der Waals surface area contributed by atoms with E-state index in [1.807, 2.05) is 12.1 Å². The number of hydrogen-bond donors (Lipinski definition) is 1. The van der Waals surface area contributed by atoms with Gasteiger partial charge in [-0.2, -0.15) is 0 Å². The van der Waals surface area contributed by atoms with Crippen molar-refractivity contribution in [2.75, 3.05) is 6.54 Å². The topological polar surface area (TPSA) is 30.9 Å². The average molecular weight is 237 g/mol. The highest BCUT2D eigenvalue weighted by Gasteiger charge is 2.12. The van der Waals surface area contributed by atoms with E-state index in [1.54, 1.807) is 0 Å². The zero-order valence-electron chi connectivity index (χ0n) is 9.70. The van der Waals surface area contributed by atoms with Crippen molar-refractivity contribution < 1.29 is 0 Å². The van der Waals surface area contributed by atoms with Crippen LogP contribution in [0.1, 0.15) is 25.5 Å². The molecule has 0 saturated carbocycles. The van der Waals surface area contributed by atoms with E-state index in [9.17, 15) is 0 Å². The molecule has 0 atom stereocenters. The molecule has 0 amide bonds. The fourth-order valence-corrected chi connectivity index (χ4v) is 2.37. The summed E-state index contributed by atoms with van der Waals surface area (Å²) in [7, 11) is 0. The second-order valence-corrected chi connectivity index (χ2v) is 4.74. The number of halogens is 1. The largest absolute Gasteiger partial charge is 0.343 e. The van der Waals surface area contributed by atoms with E-state index in [4.69, 9.17) is 17.3 Å². The van der Waals surface area contributed by atoms with Crippen LogP contribution in [0.15, 0.2) is 24.4 Å². The Morgan fingerprint density at radius 2 is 2.12 bits per heavy atom. The smallest absolute Gasteiger partial charge is 0.0674 e. The van der Waals surface area contributed by atoms with E-state index >= 15 is 0 Å². The summed E-state index contributed by atoms with van der Waals surface area (Å²) in [5, 5.41) is 2.04. The zero-order valence-corrected chi connectivity index (χ0v) is 10.5. The summed E-state index contributed by atoms with van der Waals surface area (Å²) in [5.41, 5.74) is 8.05. The minimum absolute atomic E-state index is 0.411. The molecule has 2 aromatic rings. The van der Waals surface area contributed by atoms with E-state index in [2.05, 4.69) is 30.7 Å². The maximum atomic E-state index is 6.27. The first-order valence-electron chi connectivity index (χ1n) is 5.63. The van der Waals surface area contributed by atoms with Crippen LogP contribution in [0, 0.1) is 0 Å². The molecule has 0 bridgehead atoms. The van der Waals surface area contributed by atoms with Gasteiger partial charge in [0.1, 0.15) is 0 Å². The van der Waals surface area contributed by atoms with Gasteiger partial charge in [-0.1, -0.05) is 23.7 Å². The van der Waals surface area contributed by atoms with Crippen molar-refractivity contribution in [2.24, 2.45) is 5.73 Å². The molecule has 1 aromatic carbocycles. The van der Waals surface area contributed by atoms with Crippen LogP contribution in [0.25, 0.3) is 10.9 Å².